The fourth-order valence-electron chi connectivity index (χ4n) is 2.30. The number of amides is 2. The smallest absolute Gasteiger partial charge is 0.319 e. The van der Waals surface area contributed by atoms with Crippen LogP contribution in [0.15, 0.2) is 59.7 Å². The Morgan fingerprint density at radius 2 is 2.12 bits per heavy atom. The van der Waals surface area contributed by atoms with Gasteiger partial charge in [-0.1, -0.05) is 11.6 Å². The van der Waals surface area contributed by atoms with Crippen molar-refractivity contribution in [1.82, 2.24) is 10.3 Å². The molecule has 0 aliphatic rings. The lowest BCUT2D eigenvalue weighted by molar-refractivity contribution is 0.251. The number of urea groups is 1. The van der Waals surface area contributed by atoms with Crippen LogP contribution >= 0.6 is 11.6 Å². The highest BCUT2D eigenvalue weighted by atomic mass is 35.5. The molecule has 0 spiro atoms. The zero-order valence-corrected chi connectivity index (χ0v) is 14.2. The van der Waals surface area contributed by atoms with Crippen molar-refractivity contribution in [3.05, 3.63) is 65.8 Å². The van der Waals surface area contributed by atoms with Crippen molar-refractivity contribution in [2.45, 2.75) is 6.54 Å². The number of nitrogens with zero attached hydrogens (tertiary/aromatic N) is 1. The summed E-state index contributed by atoms with van der Waals surface area (Å²) in [7, 11) is 1.53. The maximum absolute atomic E-state index is 12.1. The van der Waals surface area contributed by atoms with Gasteiger partial charge in [-0.2, -0.15) is 0 Å². The van der Waals surface area contributed by atoms with E-state index in [0.717, 1.165) is 16.7 Å². The van der Waals surface area contributed by atoms with E-state index in [1.807, 2.05) is 12.1 Å². The van der Waals surface area contributed by atoms with Crippen LogP contribution in [0.1, 0.15) is 5.56 Å². The normalized spacial score (nSPS) is 10.3. The molecule has 128 valence electrons. The van der Waals surface area contributed by atoms with Gasteiger partial charge in [-0.25, -0.2) is 4.79 Å². The third kappa shape index (κ3) is 4.30. The van der Waals surface area contributed by atoms with E-state index in [1.54, 1.807) is 43.1 Å². The van der Waals surface area contributed by atoms with Crippen LogP contribution in [0.25, 0.3) is 11.1 Å². The maximum atomic E-state index is 12.1. The summed E-state index contributed by atoms with van der Waals surface area (Å²) in [5.41, 5.74) is 3.22. The summed E-state index contributed by atoms with van der Waals surface area (Å²) in [4.78, 5) is 16.3. The average molecular weight is 358 g/mol. The minimum absolute atomic E-state index is 0.327. The van der Waals surface area contributed by atoms with E-state index in [2.05, 4.69) is 15.6 Å². The van der Waals surface area contributed by atoms with E-state index in [9.17, 15) is 4.79 Å². The van der Waals surface area contributed by atoms with E-state index >= 15 is 0 Å². The lowest BCUT2D eigenvalue weighted by Crippen LogP contribution is -2.28. The van der Waals surface area contributed by atoms with E-state index < -0.39 is 0 Å². The first kappa shape index (κ1) is 16.9. The quantitative estimate of drug-likeness (QED) is 0.712. The Labute approximate surface area is 149 Å². The molecule has 2 heterocycles. The number of benzene rings is 1. The Morgan fingerprint density at radius 3 is 2.88 bits per heavy atom. The number of halogens is 1. The van der Waals surface area contributed by atoms with Gasteiger partial charge in [0.2, 0.25) is 0 Å². The van der Waals surface area contributed by atoms with Gasteiger partial charge in [-0.05, 0) is 35.9 Å². The SMILES string of the molecule is COc1ccc(Cl)cc1NC(=O)NCc1cncc(-c2ccoc2)c1. The number of methoxy groups -OCH3 is 1. The van der Waals surface area contributed by atoms with Crippen LogP contribution < -0.4 is 15.4 Å². The predicted molar refractivity (Wildman–Crippen MR) is 95.8 cm³/mol. The zero-order chi connectivity index (χ0) is 17.6. The third-order valence-corrected chi connectivity index (χ3v) is 3.75. The van der Waals surface area contributed by atoms with Gasteiger partial charge in [0.25, 0.3) is 0 Å². The van der Waals surface area contributed by atoms with Gasteiger partial charge in [0.1, 0.15) is 5.75 Å². The van der Waals surface area contributed by atoms with Gasteiger partial charge in [-0.3, -0.25) is 4.98 Å². The average Bonchev–Trinajstić information content (AvgIpc) is 3.15. The number of furan rings is 1. The fraction of sp³-hybridized carbons (Fsp3) is 0.111. The summed E-state index contributed by atoms with van der Waals surface area (Å²) < 4.78 is 10.3. The number of pyridine rings is 1. The second-order valence-corrected chi connectivity index (χ2v) is 5.68. The molecule has 0 atom stereocenters. The number of carbonyl (C=O) groups is 1. The molecule has 0 radical (unpaired) electrons. The standard InChI is InChI=1S/C18H16ClN3O3/c1-24-17-3-2-15(19)7-16(17)22-18(23)21-9-12-6-14(10-20-8-12)13-4-5-25-11-13/h2-8,10-11H,9H2,1H3,(H2,21,22,23). The molecule has 0 saturated carbocycles. The summed E-state index contributed by atoms with van der Waals surface area (Å²) in [6.45, 7) is 0.327. The number of anilines is 1. The highest BCUT2D eigenvalue weighted by Crippen LogP contribution is 2.27. The Morgan fingerprint density at radius 1 is 1.24 bits per heavy atom. The van der Waals surface area contributed by atoms with Gasteiger partial charge in [0, 0.05) is 35.1 Å². The first-order valence-corrected chi connectivity index (χ1v) is 7.88. The highest BCUT2D eigenvalue weighted by molar-refractivity contribution is 6.31. The molecule has 0 aliphatic carbocycles. The molecule has 3 rings (SSSR count). The van der Waals surface area contributed by atoms with Crippen molar-refractivity contribution < 1.29 is 13.9 Å². The Bertz CT molecular complexity index is 866. The van der Waals surface area contributed by atoms with E-state index in [1.165, 1.54) is 7.11 Å². The predicted octanol–water partition coefficient (Wildman–Crippen LogP) is 4.33. The van der Waals surface area contributed by atoms with Crippen LogP contribution in [-0.4, -0.2) is 18.1 Å². The molecule has 6 nitrogen and oxygen atoms in total. The molecule has 2 aromatic heterocycles. The van der Waals surface area contributed by atoms with Gasteiger partial charge in [0.15, 0.2) is 0 Å². The van der Waals surface area contributed by atoms with Gasteiger partial charge in [-0.15, -0.1) is 0 Å². The molecule has 0 unspecified atom stereocenters. The monoisotopic (exact) mass is 357 g/mol. The van der Waals surface area contributed by atoms with Crippen LogP contribution in [0.4, 0.5) is 10.5 Å². The van der Waals surface area contributed by atoms with E-state index in [-0.39, 0.29) is 6.03 Å². The van der Waals surface area contributed by atoms with Crippen LogP contribution in [0.5, 0.6) is 5.75 Å². The van der Waals surface area contributed by atoms with E-state index in [4.69, 9.17) is 20.8 Å². The number of rotatable bonds is 5. The zero-order valence-electron chi connectivity index (χ0n) is 13.5. The molecular weight excluding hydrogens is 342 g/mol. The summed E-state index contributed by atoms with van der Waals surface area (Å²) in [5, 5.41) is 6.01. The lowest BCUT2D eigenvalue weighted by Gasteiger charge is -2.11. The maximum Gasteiger partial charge on any atom is 0.319 e. The van der Waals surface area contributed by atoms with Crippen LogP contribution in [-0.2, 0) is 6.54 Å². The highest BCUT2D eigenvalue weighted by Gasteiger charge is 2.08. The minimum atomic E-state index is -0.366. The number of aromatic nitrogens is 1. The van der Waals surface area contributed by atoms with Crippen molar-refractivity contribution in [3.63, 3.8) is 0 Å². The molecule has 25 heavy (non-hydrogen) atoms. The van der Waals surface area contributed by atoms with E-state index in [0.29, 0.717) is 23.0 Å². The van der Waals surface area contributed by atoms with Crippen molar-refractivity contribution in [2.75, 3.05) is 12.4 Å². The molecule has 1 aromatic carbocycles. The van der Waals surface area contributed by atoms with Gasteiger partial charge in [0.05, 0.1) is 25.3 Å². The Balaban J connectivity index is 1.63. The molecule has 0 saturated heterocycles. The van der Waals surface area contributed by atoms with Gasteiger partial charge < -0.3 is 19.8 Å². The number of ether oxygens (including phenoxy) is 1. The molecule has 0 fully saturated rings. The van der Waals surface area contributed by atoms with Gasteiger partial charge >= 0.3 is 6.03 Å². The summed E-state index contributed by atoms with van der Waals surface area (Å²) >= 11 is 5.95. The number of nitrogens with one attached hydrogen (secondary N) is 2. The molecule has 0 aliphatic heterocycles. The topological polar surface area (TPSA) is 76.4 Å². The van der Waals surface area contributed by atoms with Crippen molar-refractivity contribution in [3.8, 4) is 16.9 Å². The lowest BCUT2D eigenvalue weighted by atomic mass is 10.1. The third-order valence-electron chi connectivity index (χ3n) is 3.51. The Kier molecular flexibility index (Phi) is 5.20. The number of carbonyl (C=O) groups excluding carboxylic acids is 1. The molecular formula is C18H16ClN3O3. The second-order valence-electron chi connectivity index (χ2n) is 5.25. The largest absolute Gasteiger partial charge is 0.495 e. The van der Waals surface area contributed by atoms with Crippen LogP contribution in [0.3, 0.4) is 0 Å². The van der Waals surface area contributed by atoms with Crippen LogP contribution in [0.2, 0.25) is 5.02 Å². The summed E-state index contributed by atoms with van der Waals surface area (Å²) in [6.07, 6.45) is 6.69. The fourth-order valence-corrected chi connectivity index (χ4v) is 2.47. The first-order chi connectivity index (χ1) is 12.2. The second kappa shape index (κ2) is 7.72. The van der Waals surface area contributed by atoms with Crippen LogP contribution in [0, 0.1) is 0 Å². The van der Waals surface area contributed by atoms with Crippen molar-refractivity contribution in [1.29, 1.82) is 0 Å². The summed E-state index contributed by atoms with van der Waals surface area (Å²) in [6, 6.07) is 8.44. The summed E-state index contributed by atoms with van der Waals surface area (Å²) in [5.74, 6) is 0.531. The molecule has 2 N–H and O–H groups in total. The minimum Gasteiger partial charge on any atom is -0.495 e. The number of hydrogen-bond acceptors (Lipinski definition) is 4. The molecule has 0 bridgehead atoms. The Hall–Kier alpha value is -2.99. The molecule has 7 heteroatoms. The van der Waals surface area contributed by atoms with Crippen molar-refractivity contribution in [2.24, 2.45) is 0 Å². The molecule has 2 amide bonds. The molecule has 3 aromatic rings. The number of hydrogen-bond donors (Lipinski definition) is 2. The first-order valence-electron chi connectivity index (χ1n) is 7.50. The van der Waals surface area contributed by atoms with Crippen molar-refractivity contribution >= 4 is 23.3 Å².